The van der Waals surface area contributed by atoms with Crippen LogP contribution in [0.3, 0.4) is 0 Å². The van der Waals surface area contributed by atoms with E-state index >= 15 is 0 Å². The van der Waals surface area contributed by atoms with Gasteiger partial charge in [-0.1, -0.05) is 18.6 Å². The van der Waals surface area contributed by atoms with Crippen molar-refractivity contribution in [2.75, 3.05) is 19.6 Å². The molecule has 1 atom stereocenters. The highest BCUT2D eigenvalue weighted by Gasteiger charge is 2.11. The van der Waals surface area contributed by atoms with Crippen LogP contribution in [0.5, 0.6) is 0 Å². The predicted molar refractivity (Wildman–Crippen MR) is 51.1 cm³/mol. The van der Waals surface area contributed by atoms with Crippen molar-refractivity contribution in [3.05, 3.63) is 11.6 Å². The van der Waals surface area contributed by atoms with E-state index in [0.29, 0.717) is 0 Å². The maximum Gasteiger partial charge on any atom is 0.0664 e. The van der Waals surface area contributed by atoms with Gasteiger partial charge in [-0.25, -0.2) is 0 Å². The lowest BCUT2D eigenvalue weighted by Gasteiger charge is -2.26. The topological polar surface area (TPSA) is 23.5 Å². The van der Waals surface area contributed by atoms with E-state index in [1.165, 1.54) is 5.57 Å². The predicted octanol–water partition coefficient (Wildman–Crippen LogP) is 1.41. The summed E-state index contributed by atoms with van der Waals surface area (Å²) in [5, 5.41) is 9.41. The van der Waals surface area contributed by atoms with Crippen molar-refractivity contribution in [1.29, 1.82) is 0 Å². The molecule has 1 aliphatic heterocycles. The molecule has 1 unspecified atom stereocenters. The average Bonchev–Trinajstić information content (AvgIpc) is 2.09. The Bertz CT molecular complexity index is 165. The highest BCUT2D eigenvalue weighted by Crippen LogP contribution is 2.09. The molecule has 1 aliphatic rings. The second kappa shape index (κ2) is 4.63. The number of hydrogen-bond acceptors (Lipinski definition) is 2. The lowest BCUT2D eigenvalue weighted by Crippen LogP contribution is -2.35. The summed E-state index contributed by atoms with van der Waals surface area (Å²) in [5.74, 6) is 0. The smallest absolute Gasteiger partial charge is 0.0664 e. The van der Waals surface area contributed by atoms with Gasteiger partial charge in [0.2, 0.25) is 0 Å². The standard InChI is InChI=1S/C10H19NO/c1-3-10(12)8-11-6-4-9(2)5-7-11/h4,10,12H,3,5-8H2,1-2H3. The first-order chi connectivity index (χ1) is 5.72. The van der Waals surface area contributed by atoms with Gasteiger partial charge in [0.1, 0.15) is 0 Å². The molecule has 0 aromatic rings. The van der Waals surface area contributed by atoms with E-state index in [9.17, 15) is 5.11 Å². The molecule has 0 spiro atoms. The molecule has 0 fully saturated rings. The molecule has 1 heterocycles. The van der Waals surface area contributed by atoms with Crippen LogP contribution in [0, 0.1) is 0 Å². The van der Waals surface area contributed by atoms with E-state index in [1.54, 1.807) is 0 Å². The fourth-order valence-corrected chi connectivity index (χ4v) is 1.41. The van der Waals surface area contributed by atoms with E-state index < -0.39 is 0 Å². The van der Waals surface area contributed by atoms with Crippen molar-refractivity contribution in [2.45, 2.75) is 32.8 Å². The summed E-state index contributed by atoms with van der Waals surface area (Å²) in [6, 6.07) is 0. The van der Waals surface area contributed by atoms with Crippen LogP contribution >= 0.6 is 0 Å². The van der Waals surface area contributed by atoms with Gasteiger partial charge in [0.15, 0.2) is 0 Å². The third-order valence-electron chi connectivity index (χ3n) is 2.46. The number of aliphatic hydroxyl groups is 1. The molecule has 2 nitrogen and oxygen atoms in total. The Labute approximate surface area is 74.9 Å². The summed E-state index contributed by atoms with van der Waals surface area (Å²) in [4.78, 5) is 2.31. The van der Waals surface area contributed by atoms with Crippen LogP contribution in [0.4, 0.5) is 0 Å². The normalized spacial score (nSPS) is 22.1. The fourth-order valence-electron chi connectivity index (χ4n) is 1.41. The third-order valence-corrected chi connectivity index (χ3v) is 2.46. The first-order valence-electron chi connectivity index (χ1n) is 4.78. The molecular weight excluding hydrogens is 150 g/mol. The van der Waals surface area contributed by atoms with E-state index in [4.69, 9.17) is 0 Å². The molecule has 12 heavy (non-hydrogen) atoms. The Morgan fingerprint density at radius 3 is 2.92 bits per heavy atom. The maximum atomic E-state index is 9.41. The summed E-state index contributed by atoms with van der Waals surface area (Å²) >= 11 is 0. The first-order valence-corrected chi connectivity index (χ1v) is 4.78. The molecule has 2 heteroatoms. The molecule has 0 radical (unpaired) electrons. The van der Waals surface area contributed by atoms with Crippen LogP contribution in [0.1, 0.15) is 26.7 Å². The van der Waals surface area contributed by atoms with Gasteiger partial charge in [-0.05, 0) is 19.8 Å². The van der Waals surface area contributed by atoms with Crippen molar-refractivity contribution < 1.29 is 5.11 Å². The molecule has 0 amide bonds. The number of aliphatic hydroxyl groups excluding tert-OH is 1. The monoisotopic (exact) mass is 169 g/mol. The Hall–Kier alpha value is -0.340. The first kappa shape index (κ1) is 9.75. The van der Waals surface area contributed by atoms with Crippen molar-refractivity contribution in [3.63, 3.8) is 0 Å². The minimum Gasteiger partial charge on any atom is -0.392 e. The molecule has 0 bridgehead atoms. The number of β-amino-alcohol motifs (C(OH)–C–C–N with tert-alkyl or cyclic N) is 1. The molecule has 0 saturated carbocycles. The van der Waals surface area contributed by atoms with Crippen molar-refractivity contribution in [3.8, 4) is 0 Å². The summed E-state index contributed by atoms with van der Waals surface area (Å²) in [5.41, 5.74) is 1.48. The highest BCUT2D eigenvalue weighted by atomic mass is 16.3. The Kier molecular flexibility index (Phi) is 3.76. The van der Waals surface area contributed by atoms with Gasteiger partial charge >= 0.3 is 0 Å². The molecular formula is C10H19NO. The van der Waals surface area contributed by atoms with Crippen molar-refractivity contribution in [2.24, 2.45) is 0 Å². The Morgan fingerprint density at radius 1 is 1.67 bits per heavy atom. The number of rotatable bonds is 3. The fraction of sp³-hybridized carbons (Fsp3) is 0.800. The molecule has 0 saturated heterocycles. The molecule has 0 aromatic carbocycles. The second-order valence-corrected chi connectivity index (χ2v) is 3.62. The lowest BCUT2D eigenvalue weighted by atomic mass is 10.1. The van der Waals surface area contributed by atoms with Crippen LogP contribution in [0.25, 0.3) is 0 Å². The van der Waals surface area contributed by atoms with Crippen LogP contribution in [-0.4, -0.2) is 35.7 Å². The molecule has 0 aromatic heterocycles. The van der Waals surface area contributed by atoms with E-state index in [-0.39, 0.29) is 6.10 Å². The van der Waals surface area contributed by atoms with Crippen LogP contribution in [0.2, 0.25) is 0 Å². The van der Waals surface area contributed by atoms with Crippen molar-refractivity contribution in [1.82, 2.24) is 4.90 Å². The Morgan fingerprint density at radius 2 is 2.42 bits per heavy atom. The van der Waals surface area contributed by atoms with E-state index in [1.807, 2.05) is 6.92 Å². The van der Waals surface area contributed by atoms with Gasteiger partial charge < -0.3 is 5.11 Å². The zero-order chi connectivity index (χ0) is 8.97. The van der Waals surface area contributed by atoms with E-state index in [2.05, 4.69) is 17.9 Å². The number of hydrogen-bond donors (Lipinski definition) is 1. The summed E-state index contributed by atoms with van der Waals surface area (Å²) < 4.78 is 0. The molecule has 70 valence electrons. The molecule has 0 aliphatic carbocycles. The highest BCUT2D eigenvalue weighted by molar-refractivity contribution is 5.03. The van der Waals surface area contributed by atoms with Crippen LogP contribution < -0.4 is 0 Å². The summed E-state index contributed by atoms with van der Waals surface area (Å²) in [7, 11) is 0. The van der Waals surface area contributed by atoms with Gasteiger partial charge in [-0.15, -0.1) is 0 Å². The van der Waals surface area contributed by atoms with Gasteiger partial charge in [0.05, 0.1) is 6.10 Å². The summed E-state index contributed by atoms with van der Waals surface area (Å²) in [6.07, 6.45) is 4.14. The molecule has 1 N–H and O–H groups in total. The van der Waals surface area contributed by atoms with Gasteiger partial charge in [-0.2, -0.15) is 0 Å². The maximum absolute atomic E-state index is 9.41. The van der Waals surface area contributed by atoms with Gasteiger partial charge in [-0.3, -0.25) is 4.90 Å². The van der Waals surface area contributed by atoms with Gasteiger partial charge in [0, 0.05) is 19.6 Å². The number of nitrogens with zero attached hydrogens (tertiary/aromatic N) is 1. The average molecular weight is 169 g/mol. The largest absolute Gasteiger partial charge is 0.392 e. The lowest BCUT2D eigenvalue weighted by molar-refractivity contribution is 0.113. The quantitative estimate of drug-likeness (QED) is 0.646. The van der Waals surface area contributed by atoms with Gasteiger partial charge in [0.25, 0.3) is 0 Å². The zero-order valence-corrected chi connectivity index (χ0v) is 8.08. The Balaban J connectivity index is 2.27. The van der Waals surface area contributed by atoms with Crippen LogP contribution in [-0.2, 0) is 0 Å². The third kappa shape index (κ3) is 2.95. The van der Waals surface area contributed by atoms with E-state index in [0.717, 1.165) is 32.5 Å². The minimum absolute atomic E-state index is 0.142. The SMILES string of the molecule is CCC(O)CN1CC=C(C)CC1. The second-order valence-electron chi connectivity index (χ2n) is 3.62. The van der Waals surface area contributed by atoms with Crippen LogP contribution in [0.15, 0.2) is 11.6 Å². The molecule has 1 rings (SSSR count). The minimum atomic E-state index is -0.142. The summed E-state index contributed by atoms with van der Waals surface area (Å²) in [6.45, 7) is 7.16. The van der Waals surface area contributed by atoms with Crippen molar-refractivity contribution >= 4 is 0 Å². The zero-order valence-electron chi connectivity index (χ0n) is 8.08.